The number of benzene rings is 3. The molecule has 0 spiro atoms. The minimum Gasteiger partial charge on any atom is -0.468 e. The molecule has 198 valence electrons. The summed E-state index contributed by atoms with van der Waals surface area (Å²) in [5, 5.41) is 14.5. The normalized spacial score (nSPS) is 18.9. The zero-order chi connectivity index (χ0) is 27.7. The lowest BCUT2D eigenvalue weighted by Gasteiger charge is -2.56. The molecule has 2 heterocycles. The van der Waals surface area contributed by atoms with Gasteiger partial charge in [0.2, 0.25) is 0 Å². The van der Waals surface area contributed by atoms with E-state index in [1.54, 1.807) is 59.6 Å². The van der Waals surface area contributed by atoms with Crippen LogP contribution in [0.5, 0.6) is 0 Å². The van der Waals surface area contributed by atoms with Gasteiger partial charge in [0.1, 0.15) is 0 Å². The summed E-state index contributed by atoms with van der Waals surface area (Å²) in [7, 11) is 2.39. The summed E-state index contributed by atoms with van der Waals surface area (Å²) < 4.78 is 10.4. The standard InChI is InChI=1S/C29H25N3O7/c1-38-27(34)29(28(35)39-2)18-24(20-12-15-22(16-13-20)32(36)37)31(26(33)21-9-4-3-5-10-21)30-23-11-7-6-8-19(23)14-17-25(29)30/h3-17,24-25H,18H2,1-2H3/t24-,25+/m1/s1. The second-order valence-corrected chi connectivity index (χ2v) is 9.25. The number of para-hydroxylation sites is 1. The van der Waals surface area contributed by atoms with Crippen LogP contribution >= 0.6 is 0 Å². The fourth-order valence-electron chi connectivity index (χ4n) is 5.43. The molecule has 10 nitrogen and oxygen atoms in total. The van der Waals surface area contributed by atoms with Crippen LogP contribution in [0.2, 0.25) is 0 Å². The van der Waals surface area contributed by atoms with Crippen molar-refractivity contribution in [2.24, 2.45) is 5.41 Å². The predicted molar refractivity (Wildman–Crippen MR) is 141 cm³/mol. The van der Waals surface area contributed by atoms with Crippen molar-refractivity contribution in [2.75, 3.05) is 19.2 Å². The second kappa shape index (κ2) is 10.1. The number of methoxy groups -OCH3 is 2. The zero-order valence-electron chi connectivity index (χ0n) is 21.2. The van der Waals surface area contributed by atoms with Gasteiger partial charge in [-0.15, -0.1) is 0 Å². The molecule has 2 aliphatic rings. The Balaban J connectivity index is 1.79. The van der Waals surface area contributed by atoms with Gasteiger partial charge in [-0.25, -0.2) is 5.01 Å². The van der Waals surface area contributed by atoms with Crippen molar-refractivity contribution in [1.29, 1.82) is 0 Å². The topological polar surface area (TPSA) is 119 Å². The van der Waals surface area contributed by atoms with Crippen LogP contribution < -0.4 is 5.01 Å². The summed E-state index contributed by atoms with van der Waals surface area (Å²) in [6.07, 6.45) is 3.32. The van der Waals surface area contributed by atoms with Crippen LogP contribution in [-0.2, 0) is 19.1 Å². The van der Waals surface area contributed by atoms with Crippen molar-refractivity contribution in [3.05, 3.63) is 112 Å². The molecule has 0 radical (unpaired) electrons. The summed E-state index contributed by atoms with van der Waals surface area (Å²) in [6.45, 7) is 0. The van der Waals surface area contributed by atoms with Crippen molar-refractivity contribution in [3.63, 3.8) is 0 Å². The van der Waals surface area contributed by atoms with E-state index in [1.807, 2.05) is 12.1 Å². The van der Waals surface area contributed by atoms with Gasteiger partial charge in [0.05, 0.1) is 36.9 Å². The molecule has 0 aliphatic carbocycles. The largest absolute Gasteiger partial charge is 0.468 e. The van der Waals surface area contributed by atoms with Crippen LogP contribution in [0.25, 0.3) is 6.08 Å². The molecule has 0 bridgehead atoms. The predicted octanol–water partition coefficient (Wildman–Crippen LogP) is 4.33. The van der Waals surface area contributed by atoms with Gasteiger partial charge >= 0.3 is 11.9 Å². The van der Waals surface area contributed by atoms with Gasteiger partial charge in [-0.2, -0.15) is 0 Å². The second-order valence-electron chi connectivity index (χ2n) is 9.25. The molecule has 2 aliphatic heterocycles. The average molecular weight is 528 g/mol. The lowest BCUT2D eigenvalue weighted by molar-refractivity contribution is -0.384. The number of rotatable bonds is 5. The Morgan fingerprint density at radius 2 is 1.51 bits per heavy atom. The zero-order valence-corrected chi connectivity index (χ0v) is 21.2. The highest BCUT2D eigenvalue weighted by atomic mass is 16.6. The number of anilines is 1. The highest BCUT2D eigenvalue weighted by molar-refractivity contribution is 6.04. The summed E-state index contributed by atoms with van der Waals surface area (Å²) in [5.41, 5.74) is 0.261. The third-order valence-electron chi connectivity index (χ3n) is 7.27. The van der Waals surface area contributed by atoms with Crippen molar-refractivity contribution in [3.8, 4) is 0 Å². The monoisotopic (exact) mass is 527 g/mol. The number of hydrazine groups is 1. The maximum Gasteiger partial charge on any atom is 0.325 e. The van der Waals surface area contributed by atoms with E-state index in [-0.39, 0.29) is 18.0 Å². The number of non-ortho nitro benzene ring substituents is 1. The number of carbonyl (C=O) groups is 3. The maximum absolute atomic E-state index is 14.2. The Hall–Kier alpha value is -4.99. The molecule has 1 fully saturated rings. The van der Waals surface area contributed by atoms with Crippen molar-refractivity contribution in [2.45, 2.75) is 18.5 Å². The van der Waals surface area contributed by atoms with E-state index in [2.05, 4.69) is 0 Å². The van der Waals surface area contributed by atoms with E-state index < -0.39 is 34.4 Å². The molecule has 5 rings (SSSR count). The van der Waals surface area contributed by atoms with Gasteiger partial charge in [0, 0.05) is 24.1 Å². The molecule has 3 aromatic carbocycles. The summed E-state index contributed by atoms with van der Waals surface area (Å²) in [4.78, 5) is 52.1. The van der Waals surface area contributed by atoms with E-state index in [0.717, 1.165) is 5.56 Å². The average Bonchev–Trinajstić information content (AvgIpc) is 2.99. The molecule has 1 saturated heterocycles. The molecule has 3 aromatic rings. The number of carbonyl (C=O) groups excluding carboxylic acids is 3. The number of nitro benzene ring substituents is 1. The number of hydrogen-bond donors (Lipinski definition) is 0. The van der Waals surface area contributed by atoms with E-state index in [9.17, 15) is 24.5 Å². The molecule has 2 atom stereocenters. The molecule has 0 aromatic heterocycles. The highest BCUT2D eigenvalue weighted by Crippen LogP contribution is 2.51. The Kier molecular flexibility index (Phi) is 6.61. The van der Waals surface area contributed by atoms with E-state index in [0.29, 0.717) is 16.8 Å². The minimum absolute atomic E-state index is 0.133. The van der Waals surface area contributed by atoms with Crippen LogP contribution in [0.15, 0.2) is 84.9 Å². The molecular weight excluding hydrogens is 502 g/mol. The molecule has 0 unspecified atom stereocenters. The quantitative estimate of drug-likeness (QED) is 0.208. The minimum atomic E-state index is -1.85. The van der Waals surface area contributed by atoms with Crippen LogP contribution in [0, 0.1) is 15.5 Å². The number of ether oxygens (including phenoxy) is 2. The van der Waals surface area contributed by atoms with Crippen molar-refractivity contribution < 1.29 is 28.8 Å². The first-order chi connectivity index (χ1) is 18.8. The first-order valence-electron chi connectivity index (χ1n) is 12.2. The molecule has 1 amide bonds. The number of fused-ring (bicyclic) bond motifs is 3. The van der Waals surface area contributed by atoms with E-state index in [1.165, 1.54) is 43.5 Å². The molecule has 0 saturated carbocycles. The lowest BCUT2D eigenvalue weighted by Crippen LogP contribution is -2.68. The van der Waals surface area contributed by atoms with Gasteiger partial charge in [0.25, 0.3) is 11.6 Å². The fraction of sp³-hybridized carbons (Fsp3) is 0.207. The number of nitrogens with zero attached hydrogens (tertiary/aromatic N) is 3. The van der Waals surface area contributed by atoms with Crippen LogP contribution in [0.4, 0.5) is 11.4 Å². The maximum atomic E-state index is 14.2. The van der Waals surface area contributed by atoms with Gasteiger partial charge in [-0.1, -0.05) is 60.7 Å². The first kappa shape index (κ1) is 25.7. The van der Waals surface area contributed by atoms with Crippen LogP contribution in [0.1, 0.15) is 33.9 Å². The SMILES string of the molecule is COC(=O)C1(C(=O)OC)C[C@H](c2ccc([N+](=O)[O-])cc2)N(C(=O)c2ccccc2)N2c3ccccc3C=C[C@H]21. The van der Waals surface area contributed by atoms with Crippen LogP contribution in [0.3, 0.4) is 0 Å². The Bertz CT molecular complexity index is 1450. The molecule has 0 N–H and O–H groups in total. The van der Waals surface area contributed by atoms with Gasteiger partial charge in [-0.3, -0.25) is 29.5 Å². The number of nitro groups is 1. The first-order valence-corrected chi connectivity index (χ1v) is 12.2. The number of hydrogen-bond acceptors (Lipinski definition) is 8. The fourth-order valence-corrected chi connectivity index (χ4v) is 5.43. The lowest BCUT2D eigenvalue weighted by atomic mass is 9.70. The van der Waals surface area contributed by atoms with Crippen LogP contribution in [-0.4, -0.2) is 48.0 Å². The van der Waals surface area contributed by atoms with E-state index >= 15 is 0 Å². The Morgan fingerprint density at radius 3 is 2.13 bits per heavy atom. The Morgan fingerprint density at radius 1 is 0.897 bits per heavy atom. The van der Waals surface area contributed by atoms with Crippen molar-refractivity contribution in [1.82, 2.24) is 5.01 Å². The van der Waals surface area contributed by atoms with E-state index in [4.69, 9.17) is 9.47 Å². The smallest absolute Gasteiger partial charge is 0.325 e. The summed E-state index contributed by atoms with van der Waals surface area (Å²) in [6, 6.07) is 19.8. The highest BCUT2D eigenvalue weighted by Gasteiger charge is 2.63. The molecule has 39 heavy (non-hydrogen) atoms. The van der Waals surface area contributed by atoms with Gasteiger partial charge in [0.15, 0.2) is 5.41 Å². The van der Waals surface area contributed by atoms with Gasteiger partial charge < -0.3 is 9.47 Å². The third kappa shape index (κ3) is 4.10. The van der Waals surface area contributed by atoms with Crippen molar-refractivity contribution >= 4 is 35.3 Å². The number of esters is 2. The summed E-state index contributed by atoms with van der Waals surface area (Å²) in [5.74, 6) is -2.00. The van der Waals surface area contributed by atoms with Gasteiger partial charge in [-0.05, 0) is 29.3 Å². The number of amides is 1. The molecule has 10 heteroatoms. The third-order valence-corrected chi connectivity index (χ3v) is 7.27. The Labute approximate surface area is 224 Å². The molecular formula is C29H25N3O7. The summed E-state index contributed by atoms with van der Waals surface area (Å²) >= 11 is 0.